The molecule has 0 saturated heterocycles. The van der Waals surface area contributed by atoms with E-state index in [1.165, 1.54) is 80.5 Å². The number of carbonyl (C=O) groups is 6. The lowest BCUT2D eigenvalue weighted by molar-refractivity contribution is -0.121. The number of thiophene rings is 4. The topological polar surface area (TPSA) is 332 Å². The third-order valence-corrected chi connectivity index (χ3v) is 28.6. The Morgan fingerprint density at radius 2 is 0.652 bits per heavy atom. The Labute approximate surface area is 780 Å². The second-order valence-corrected chi connectivity index (χ2v) is 37.2. The van der Waals surface area contributed by atoms with E-state index in [9.17, 15) is 49.2 Å². The van der Waals surface area contributed by atoms with E-state index in [0.717, 1.165) is 167 Å². The van der Waals surface area contributed by atoms with Crippen LogP contribution in [-0.4, -0.2) is 76.4 Å². The summed E-state index contributed by atoms with van der Waals surface area (Å²) in [6.07, 6.45) is 2.67. The number of nitrogens with zero attached hydrogens (tertiary/aromatic N) is 4. The molecule has 0 aliphatic carbocycles. The Kier molecular flexibility index (Phi) is 25.3. The van der Waals surface area contributed by atoms with Gasteiger partial charge in [0.2, 0.25) is 40.8 Å². The van der Waals surface area contributed by atoms with E-state index in [-0.39, 0.29) is 57.9 Å². The van der Waals surface area contributed by atoms with E-state index in [1.807, 2.05) is 255 Å². The number of phenols is 4. The SMILES string of the molecule is Cc1ccc(C(=O)c2sc3cc(O)ccc3c2-c2ccc(-c3nc(OC=O)co3)cc2)c(C)c1.Cc1ccc(C(=O)c2sc3cc(O)ccc3c2-c2ccc(-c3nc(OC=O)cs3)cc2)c(C)c1.Cc1cccc(C)c1C(=O)c1sc2cc(O)ccc2c1-c1ccc(-c2nc(N)co2)cc1.Cc1cccc(C)c1C(=O)c1sc2cc(O)ccc2c1-c1ccc(-c2nc(N)cs2)cc1. The molecular formula is C106H78N6O14S6. The van der Waals surface area contributed by atoms with Crippen LogP contribution >= 0.6 is 68.0 Å². The second kappa shape index (κ2) is 37.7. The molecule has 26 heteroatoms. The van der Waals surface area contributed by atoms with Crippen molar-refractivity contribution in [1.82, 2.24) is 19.9 Å². The van der Waals surface area contributed by atoms with E-state index < -0.39 is 0 Å². The number of hydrogen-bond acceptors (Lipinski definition) is 26. The lowest BCUT2D eigenvalue weighted by Gasteiger charge is -2.10. The molecule has 132 heavy (non-hydrogen) atoms. The van der Waals surface area contributed by atoms with Gasteiger partial charge >= 0.3 is 0 Å². The van der Waals surface area contributed by atoms with Crippen molar-refractivity contribution < 1.29 is 67.5 Å². The fourth-order valence-electron chi connectivity index (χ4n) is 16.0. The van der Waals surface area contributed by atoms with E-state index in [4.69, 9.17) is 29.8 Å². The summed E-state index contributed by atoms with van der Waals surface area (Å²) in [6, 6.07) is 75.2. The molecule has 0 unspecified atom stereocenters. The van der Waals surface area contributed by atoms with Gasteiger partial charge in [0.25, 0.3) is 18.8 Å². The molecule has 12 aromatic carbocycles. The zero-order chi connectivity index (χ0) is 92.4. The molecule has 8 heterocycles. The number of benzene rings is 12. The van der Waals surface area contributed by atoms with Crippen molar-refractivity contribution >= 4 is 156 Å². The average Bonchev–Trinajstić information content (AvgIpc) is 1.62. The molecule has 20 aromatic rings. The third kappa shape index (κ3) is 18.3. The first kappa shape index (κ1) is 88.6. The molecule has 0 bridgehead atoms. The maximum Gasteiger partial charge on any atom is 0.299 e. The monoisotopic (exact) mass is 1850 g/mol. The summed E-state index contributed by atoms with van der Waals surface area (Å²) in [5.41, 5.74) is 32.4. The van der Waals surface area contributed by atoms with Gasteiger partial charge in [-0.05, 0) is 208 Å². The van der Waals surface area contributed by atoms with Crippen molar-refractivity contribution in [3.05, 3.63) is 352 Å². The minimum Gasteiger partial charge on any atom is -0.508 e. The van der Waals surface area contributed by atoms with Gasteiger partial charge in [-0.1, -0.05) is 157 Å². The average molecular weight is 1850 g/mol. The molecule has 20 nitrogen and oxygen atoms in total. The molecule has 0 amide bonds. The van der Waals surface area contributed by atoms with Crippen LogP contribution in [0, 0.1) is 55.4 Å². The van der Waals surface area contributed by atoms with Crippen molar-refractivity contribution in [2.24, 2.45) is 0 Å². The number of thiazole rings is 2. The van der Waals surface area contributed by atoms with Crippen LogP contribution in [0.4, 0.5) is 11.6 Å². The summed E-state index contributed by atoms with van der Waals surface area (Å²) >= 11 is 8.46. The van der Waals surface area contributed by atoms with Gasteiger partial charge in [-0.2, -0.15) is 9.97 Å². The summed E-state index contributed by atoms with van der Waals surface area (Å²) in [4.78, 5) is 95.4. The normalized spacial score (nSPS) is 11.1. The Bertz CT molecular complexity index is 7400. The Balaban J connectivity index is 0.000000123. The van der Waals surface area contributed by atoms with Crippen LogP contribution in [0.2, 0.25) is 0 Å². The number of ketones is 4. The highest BCUT2D eigenvalue weighted by atomic mass is 32.1. The highest BCUT2D eigenvalue weighted by Crippen LogP contribution is 2.48. The number of anilines is 2. The third-order valence-electron chi connectivity index (χ3n) is 22.2. The number of nitrogens with two attached hydrogens (primary N) is 2. The van der Waals surface area contributed by atoms with Crippen LogP contribution in [0.3, 0.4) is 0 Å². The Morgan fingerprint density at radius 1 is 0.326 bits per heavy atom. The minimum atomic E-state index is -0.0550. The number of rotatable bonds is 20. The van der Waals surface area contributed by atoms with Gasteiger partial charge in [-0.15, -0.1) is 68.0 Å². The summed E-state index contributed by atoms with van der Waals surface area (Å²) < 4.78 is 23.7. The molecule has 0 radical (unpaired) electrons. The first-order valence-electron chi connectivity index (χ1n) is 41.2. The molecule has 0 spiro atoms. The predicted octanol–water partition coefficient (Wildman–Crippen LogP) is 26.3. The van der Waals surface area contributed by atoms with Gasteiger partial charge in [0.15, 0.2) is 12.1 Å². The van der Waals surface area contributed by atoms with Crippen LogP contribution in [0.1, 0.15) is 105 Å². The van der Waals surface area contributed by atoms with Crippen LogP contribution in [0.25, 0.3) is 129 Å². The van der Waals surface area contributed by atoms with Gasteiger partial charge in [-0.25, -0.2) is 9.97 Å². The number of aryl methyl sites for hydroxylation is 8. The molecule has 8 N–H and O–H groups in total. The van der Waals surface area contributed by atoms with Gasteiger partial charge < -0.3 is 50.2 Å². The number of fused-ring (bicyclic) bond motifs is 4. The number of nitrogen functional groups attached to an aromatic ring is 2. The molecule has 0 fully saturated rings. The smallest absolute Gasteiger partial charge is 0.299 e. The molecule has 0 atom stereocenters. The van der Waals surface area contributed by atoms with E-state index in [0.29, 0.717) is 72.6 Å². The number of aromatic hydroxyl groups is 4. The molecule has 20 rings (SSSR count). The quantitative estimate of drug-likeness (QED) is 0.0305. The Morgan fingerprint density at radius 3 is 0.992 bits per heavy atom. The second-order valence-electron chi connectivity index (χ2n) is 31.3. The molecule has 0 saturated carbocycles. The highest BCUT2D eigenvalue weighted by molar-refractivity contribution is 7.23. The zero-order valence-corrected chi connectivity index (χ0v) is 76.7. The van der Waals surface area contributed by atoms with Crippen LogP contribution in [0.15, 0.2) is 275 Å². The molecular weight excluding hydrogens is 1770 g/mol. The molecule has 0 aliphatic heterocycles. The van der Waals surface area contributed by atoms with Crippen LogP contribution < -0.4 is 20.9 Å². The van der Waals surface area contributed by atoms with E-state index in [1.54, 1.807) is 53.9 Å². The van der Waals surface area contributed by atoms with Crippen LogP contribution in [0.5, 0.6) is 34.8 Å². The van der Waals surface area contributed by atoms with Crippen molar-refractivity contribution in [3.8, 4) is 123 Å². The maximum absolute atomic E-state index is 13.8. The standard InChI is InChI=1S/C27H19NO5S.C27H19NO4S2.C26H20N2O3S.C26H20N2O2S2/c1-15-3-9-20(16(2)11-15)25(31)26-24(21-10-8-19(30)12-22(21)34-26)17-4-6-18(7-5-17)27-28-23(13-32-27)33-14-29;1-15-3-9-20(16(2)11-15)25(31)26-24(21-10-8-19(30)12-22(21)34-26)17-4-6-18(7-5-17)27-28-23(13-33-27)32-14-29;2*1-14-4-3-5-15(2)22(14)24(30)25-23(19-11-10-18(29)12-20(19)32-25)16-6-8-17(9-7-16)26-28-21(27)13-31-26/h2*3-14,30H,1-2H3;2*3-13,29H,27H2,1-2H3. The molecule has 0 aliphatic rings. The van der Waals surface area contributed by atoms with Crippen LogP contribution in [-0.2, 0) is 9.59 Å². The van der Waals surface area contributed by atoms with Gasteiger partial charge in [0.05, 0.1) is 24.9 Å². The first-order chi connectivity index (χ1) is 63.7. The van der Waals surface area contributed by atoms with Crippen molar-refractivity contribution in [3.63, 3.8) is 0 Å². The van der Waals surface area contributed by atoms with Gasteiger partial charge in [-0.3, -0.25) is 28.8 Å². The Hall–Kier alpha value is -15.4. The van der Waals surface area contributed by atoms with Gasteiger partial charge in [0.1, 0.15) is 45.1 Å². The fourth-order valence-corrected chi connectivity index (χ4v) is 22.3. The van der Waals surface area contributed by atoms with Gasteiger partial charge in [0, 0.05) is 112 Å². The van der Waals surface area contributed by atoms with Crippen molar-refractivity contribution in [1.29, 1.82) is 0 Å². The summed E-state index contributed by atoms with van der Waals surface area (Å²) in [6.45, 7) is 16.4. The summed E-state index contributed by atoms with van der Waals surface area (Å²) in [5.74, 6) is 2.54. The lowest BCUT2D eigenvalue weighted by Crippen LogP contribution is -2.05. The predicted molar refractivity (Wildman–Crippen MR) is 529 cm³/mol. The van der Waals surface area contributed by atoms with Crippen molar-refractivity contribution in [2.75, 3.05) is 11.5 Å². The minimum absolute atomic E-state index is 0.00747. The summed E-state index contributed by atoms with van der Waals surface area (Å²) in [5, 5.41) is 48.8. The maximum atomic E-state index is 13.8. The molecule has 8 aromatic heterocycles. The largest absolute Gasteiger partial charge is 0.508 e. The van der Waals surface area contributed by atoms with Crippen molar-refractivity contribution in [2.45, 2.75) is 55.4 Å². The number of carbonyl (C=O) groups excluding carboxylic acids is 6. The number of phenolic OH excluding ortho intramolecular Hbond substituents is 4. The number of ether oxygens (including phenoxy) is 2. The van der Waals surface area contributed by atoms with E-state index >= 15 is 0 Å². The number of hydrogen-bond donors (Lipinski definition) is 6. The first-order valence-corrected chi connectivity index (χ1v) is 46.2. The van der Waals surface area contributed by atoms with E-state index in [2.05, 4.69) is 19.9 Å². The number of aromatic nitrogens is 4. The number of oxazole rings is 2. The molecule has 652 valence electrons. The lowest BCUT2D eigenvalue weighted by atomic mass is 9.93. The highest BCUT2D eigenvalue weighted by Gasteiger charge is 2.30. The fraction of sp³-hybridized carbons (Fsp3) is 0.0755. The summed E-state index contributed by atoms with van der Waals surface area (Å²) in [7, 11) is 0. The zero-order valence-electron chi connectivity index (χ0n) is 71.8.